The Morgan fingerprint density at radius 3 is 1.61 bits per heavy atom. The molecule has 2 heterocycles. The summed E-state index contributed by atoms with van der Waals surface area (Å²) in [5.74, 6) is 0. The number of aliphatic hydroxyl groups is 2. The molecule has 0 aliphatic heterocycles. The summed E-state index contributed by atoms with van der Waals surface area (Å²) in [7, 11) is 0. The van der Waals surface area contributed by atoms with Gasteiger partial charge in [-0.1, -0.05) is 38.1 Å². The zero-order chi connectivity index (χ0) is 26.2. The topological polar surface area (TPSA) is 90.8 Å². The van der Waals surface area contributed by atoms with E-state index in [-0.39, 0.29) is 0 Å². The largest absolute Gasteiger partial charge is 0.464 e. The second-order valence-electron chi connectivity index (χ2n) is 8.16. The maximum absolute atomic E-state index is 12.8. The van der Waals surface area contributed by atoms with E-state index in [4.69, 9.17) is 32.0 Å². The van der Waals surface area contributed by atoms with Crippen LogP contribution in [0.3, 0.4) is 0 Å². The molecule has 0 aliphatic rings. The number of rotatable bonds is 10. The van der Waals surface area contributed by atoms with E-state index < -0.39 is 35.6 Å². The summed E-state index contributed by atoms with van der Waals surface area (Å²) in [4.78, 5) is -0.688. The summed E-state index contributed by atoms with van der Waals surface area (Å²) in [6.07, 6.45) is -1.53. The Kier molecular flexibility index (Phi) is 10.5. The zero-order valence-corrected chi connectivity index (χ0v) is 21.4. The molecule has 4 rings (SSSR count). The van der Waals surface area contributed by atoms with Crippen molar-refractivity contribution < 1.29 is 27.8 Å². The predicted molar refractivity (Wildman–Crippen MR) is 139 cm³/mol. The molecular weight excluding hydrogens is 513 g/mol. The second-order valence-corrected chi connectivity index (χ2v) is 9.33. The van der Waals surface area contributed by atoms with Gasteiger partial charge in [-0.3, -0.25) is 0 Å². The first-order valence-electron chi connectivity index (χ1n) is 11.6. The molecule has 36 heavy (non-hydrogen) atoms. The molecule has 0 aliphatic carbocycles. The molecule has 0 saturated carbocycles. The number of halogens is 4. The minimum atomic E-state index is -2.63. The quantitative estimate of drug-likeness (QED) is 0.185. The summed E-state index contributed by atoms with van der Waals surface area (Å²) in [6.45, 7) is 4.71. The fraction of sp³-hybridized carbons (Fsp3) is 0.385. The van der Waals surface area contributed by atoms with Gasteiger partial charge in [0.1, 0.15) is 16.0 Å². The third kappa shape index (κ3) is 6.97. The van der Waals surface area contributed by atoms with E-state index >= 15 is 0 Å². The molecule has 6 nitrogen and oxygen atoms in total. The van der Waals surface area contributed by atoms with Crippen molar-refractivity contribution in [3.05, 3.63) is 72.2 Å². The van der Waals surface area contributed by atoms with Gasteiger partial charge in [0.05, 0.1) is 36.8 Å². The summed E-state index contributed by atoms with van der Waals surface area (Å²) in [5.41, 5.74) is 2.47. The first-order chi connectivity index (χ1) is 17.3. The third-order valence-corrected chi connectivity index (χ3v) is 6.29. The highest BCUT2D eigenvalue weighted by atomic mass is 35.5. The van der Waals surface area contributed by atoms with Gasteiger partial charge in [-0.15, -0.1) is 23.2 Å². The van der Waals surface area contributed by atoms with Crippen LogP contribution in [0.5, 0.6) is 0 Å². The van der Waals surface area contributed by atoms with E-state index in [0.29, 0.717) is 24.2 Å². The fourth-order valence-corrected chi connectivity index (χ4v) is 4.33. The van der Waals surface area contributed by atoms with Gasteiger partial charge in [0.15, 0.2) is 0 Å². The molecule has 0 radical (unpaired) electrons. The van der Waals surface area contributed by atoms with Crippen molar-refractivity contribution in [2.75, 3.05) is 13.1 Å². The lowest BCUT2D eigenvalue weighted by Gasteiger charge is -2.24. The number of fused-ring (bicyclic) bond motifs is 2. The SMILES string of the molecule is CCNC(C(Cl)Cl)C(O)c1ccc2ccoc2c1.CCNC(C(F)F)C(O)c1ccc2ccoc2c1. The average Bonchev–Trinajstić information content (AvgIpc) is 3.53. The van der Waals surface area contributed by atoms with Crippen molar-refractivity contribution in [1.82, 2.24) is 10.6 Å². The molecule has 196 valence electrons. The summed E-state index contributed by atoms with van der Waals surface area (Å²) >= 11 is 11.8. The van der Waals surface area contributed by atoms with Gasteiger partial charge >= 0.3 is 0 Å². The van der Waals surface area contributed by atoms with Crippen LogP contribution in [-0.2, 0) is 0 Å². The Labute approximate surface area is 218 Å². The van der Waals surface area contributed by atoms with Crippen LogP contribution in [0.15, 0.2) is 69.9 Å². The van der Waals surface area contributed by atoms with Crippen LogP contribution < -0.4 is 10.6 Å². The molecule has 0 bridgehead atoms. The smallest absolute Gasteiger partial charge is 0.256 e. The molecule has 0 spiro atoms. The molecule has 0 saturated heterocycles. The molecule has 4 atom stereocenters. The Morgan fingerprint density at radius 1 is 0.750 bits per heavy atom. The maximum Gasteiger partial charge on any atom is 0.256 e. The van der Waals surface area contributed by atoms with E-state index in [1.165, 1.54) is 6.26 Å². The van der Waals surface area contributed by atoms with Crippen LogP contribution >= 0.6 is 23.2 Å². The van der Waals surface area contributed by atoms with Gasteiger partial charge in [-0.05, 0) is 48.5 Å². The van der Waals surface area contributed by atoms with Crippen molar-refractivity contribution in [3.8, 4) is 0 Å². The Balaban J connectivity index is 0.000000201. The lowest BCUT2D eigenvalue weighted by molar-refractivity contribution is 0.0182. The number of benzene rings is 2. The normalized spacial score (nSPS) is 15.2. The fourth-order valence-electron chi connectivity index (χ4n) is 3.87. The highest BCUT2D eigenvalue weighted by Gasteiger charge is 2.29. The van der Waals surface area contributed by atoms with Gasteiger partial charge in [-0.2, -0.15) is 0 Å². The molecule has 2 aromatic carbocycles. The Bertz CT molecular complexity index is 1120. The predicted octanol–water partition coefficient (Wildman–Crippen LogP) is 5.96. The second kappa shape index (κ2) is 13.4. The van der Waals surface area contributed by atoms with E-state index in [1.54, 1.807) is 43.5 Å². The summed E-state index contributed by atoms with van der Waals surface area (Å²) < 4.78 is 36.2. The van der Waals surface area contributed by atoms with Crippen LogP contribution in [0.1, 0.15) is 37.2 Å². The number of likely N-dealkylation sites (N-methyl/N-ethyl adjacent to an activating group) is 2. The van der Waals surface area contributed by atoms with Crippen molar-refractivity contribution in [3.63, 3.8) is 0 Å². The van der Waals surface area contributed by atoms with E-state index in [1.807, 2.05) is 25.1 Å². The molecule has 4 N–H and O–H groups in total. The van der Waals surface area contributed by atoms with Crippen LogP contribution in [0.25, 0.3) is 21.9 Å². The van der Waals surface area contributed by atoms with Crippen molar-refractivity contribution in [2.45, 2.75) is 49.4 Å². The molecule has 0 amide bonds. The van der Waals surface area contributed by atoms with Gasteiger partial charge in [-0.25, -0.2) is 8.78 Å². The van der Waals surface area contributed by atoms with Gasteiger partial charge in [0.2, 0.25) is 0 Å². The van der Waals surface area contributed by atoms with Crippen molar-refractivity contribution in [1.29, 1.82) is 0 Å². The van der Waals surface area contributed by atoms with Gasteiger partial charge in [0, 0.05) is 10.8 Å². The lowest BCUT2D eigenvalue weighted by Crippen LogP contribution is -2.40. The number of hydrogen-bond donors (Lipinski definition) is 4. The van der Waals surface area contributed by atoms with E-state index in [2.05, 4.69) is 10.6 Å². The molecule has 2 aromatic heterocycles. The van der Waals surface area contributed by atoms with Crippen LogP contribution in [0.2, 0.25) is 0 Å². The zero-order valence-electron chi connectivity index (χ0n) is 19.9. The highest BCUT2D eigenvalue weighted by Crippen LogP contribution is 2.27. The van der Waals surface area contributed by atoms with Crippen molar-refractivity contribution >= 4 is 45.1 Å². The minimum Gasteiger partial charge on any atom is -0.464 e. The number of alkyl halides is 4. The Morgan fingerprint density at radius 2 is 1.19 bits per heavy atom. The summed E-state index contributed by atoms with van der Waals surface area (Å²) in [6, 6.07) is 12.5. The van der Waals surface area contributed by atoms with Gasteiger partial charge in [0.25, 0.3) is 6.43 Å². The number of hydrogen-bond acceptors (Lipinski definition) is 6. The molecule has 10 heteroatoms. The number of aliphatic hydroxyl groups excluding tert-OH is 2. The standard InChI is InChI=1S/C13H15Cl2NO2.C13H15F2NO2/c2*1-2-16-11(13(14)15)12(17)9-4-3-8-5-6-18-10(8)7-9/h2*3-7,11-13,16-17H,2H2,1H3. The molecule has 4 aromatic rings. The Hall–Kier alpha value is -2.20. The van der Waals surface area contributed by atoms with E-state index in [0.717, 1.165) is 21.9 Å². The average molecular weight is 543 g/mol. The monoisotopic (exact) mass is 542 g/mol. The first-order valence-corrected chi connectivity index (χ1v) is 12.5. The minimum absolute atomic E-state index is 0.370. The number of furan rings is 2. The molecule has 4 unspecified atom stereocenters. The van der Waals surface area contributed by atoms with E-state index in [9.17, 15) is 19.0 Å². The lowest BCUT2D eigenvalue weighted by atomic mass is 10.0. The van der Waals surface area contributed by atoms with Crippen molar-refractivity contribution in [2.24, 2.45) is 0 Å². The maximum atomic E-state index is 12.8. The van der Waals surface area contributed by atoms with Gasteiger partial charge < -0.3 is 29.7 Å². The van der Waals surface area contributed by atoms with Crippen LogP contribution in [0.4, 0.5) is 8.78 Å². The summed E-state index contributed by atoms with van der Waals surface area (Å²) in [5, 5.41) is 27.8. The molecule has 0 fully saturated rings. The number of nitrogens with one attached hydrogen (secondary N) is 2. The first kappa shape index (κ1) is 28.4. The highest BCUT2D eigenvalue weighted by molar-refractivity contribution is 6.44. The van der Waals surface area contributed by atoms with Crippen LogP contribution in [0, 0.1) is 0 Å². The molecular formula is C26H30Cl2F2N2O4. The third-order valence-electron chi connectivity index (χ3n) is 5.75. The van der Waals surface area contributed by atoms with Crippen LogP contribution in [-0.4, -0.2) is 46.6 Å².